The monoisotopic (exact) mass is 307 g/mol. The molecule has 0 spiro atoms. The van der Waals surface area contributed by atoms with E-state index in [2.05, 4.69) is 32.3 Å². The predicted molar refractivity (Wildman–Crippen MR) is 71.1 cm³/mol. The van der Waals surface area contributed by atoms with E-state index in [0.717, 1.165) is 24.1 Å². The minimum Gasteiger partial charge on any atom is -0.379 e. The summed E-state index contributed by atoms with van der Waals surface area (Å²) in [5, 5.41) is 19.1. The maximum atomic E-state index is 11.1. The molecule has 3 rings (SSSR count). The van der Waals surface area contributed by atoms with Crippen LogP contribution in [-0.2, 0) is 19.1 Å². The molecule has 0 aliphatic heterocycles. The maximum Gasteiger partial charge on any atom is 0.154 e. The lowest BCUT2D eigenvalue weighted by Crippen LogP contribution is -2.34. The van der Waals surface area contributed by atoms with Crippen molar-refractivity contribution < 1.29 is 5.11 Å². The third-order valence-corrected chi connectivity index (χ3v) is 4.16. The Morgan fingerprint density at radius 1 is 1.39 bits per heavy atom. The Labute approximate surface area is 114 Å². The van der Waals surface area contributed by atoms with Crippen molar-refractivity contribution in [2.24, 2.45) is 7.05 Å². The van der Waals surface area contributed by atoms with Gasteiger partial charge < -0.3 is 5.11 Å². The number of halogens is 1. The first kappa shape index (κ1) is 11.9. The van der Waals surface area contributed by atoms with Crippen LogP contribution in [0.15, 0.2) is 28.9 Å². The van der Waals surface area contributed by atoms with Gasteiger partial charge in [0.2, 0.25) is 0 Å². The van der Waals surface area contributed by atoms with Crippen LogP contribution in [0.1, 0.15) is 29.7 Å². The summed E-state index contributed by atoms with van der Waals surface area (Å²) in [5.41, 5.74) is 1.92. The standard InChI is InChI=1S/C13H14BrN3O/c1-17-11(12(14)15-16-17)13(18)8-4-6-9-5-2-3-7-10(9)13/h2-3,5,7,18H,4,6,8H2,1H3. The first-order chi connectivity index (χ1) is 8.63. The fraction of sp³-hybridized carbons (Fsp3) is 0.385. The van der Waals surface area contributed by atoms with Crippen molar-refractivity contribution in [3.8, 4) is 0 Å². The van der Waals surface area contributed by atoms with E-state index in [4.69, 9.17) is 0 Å². The molecule has 5 heteroatoms. The molecule has 1 atom stereocenters. The zero-order valence-corrected chi connectivity index (χ0v) is 11.7. The third-order valence-electron chi connectivity index (χ3n) is 3.63. The SMILES string of the molecule is Cn1nnc(Br)c1C1(O)CCCc2ccccc21. The van der Waals surface area contributed by atoms with E-state index in [1.807, 2.05) is 25.2 Å². The first-order valence-corrected chi connectivity index (χ1v) is 6.78. The van der Waals surface area contributed by atoms with Gasteiger partial charge in [0.05, 0.1) is 0 Å². The maximum absolute atomic E-state index is 11.1. The molecule has 0 saturated carbocycles. The topological polar surface area (TPSA) is 50.9 Å². The van der Waals surface area contributed by atoms with Gasteiger partial charge in [-0.05, 0) is 46.3 Å². The quantitative estimate of drug-likeness (QED) is 0.878. The number of hydrogen-bond acceptors (Lipinski definition) is 3. The number of nitrogens with zero attached hydrogens (tertiary/aromatic N) is 3. The summed E-state index contributed by atoms with van der Waals surface area (Å²) in [6, 6.07) is 8.05. The van der Waals surface area contributed by atoms with Crippen LogP contribution in [0.3, 0.4) is 0 Å². The van der Waals surface area contributed by atoms with Crippen LogP contribution in [0.2, 0.25) is 0 Å². The minimum absolute atomic E-state index is 0.615. The summed E-state index contributed by atoms with van der Waals surface area (Å²) in [5.74, 6) is 0. The Morgan fingerprint density at radius 3 is 2.89 bits per heavy atom. The van der Waals surface area contributed by atoms with Crippen molar-refractivity contribution in [1.29, 1.82) is 0 Å². The van der Waals surface area contributed by atoms with Crippen LogP contribution < -0.4 is 0 Å². The molecular weight excluding hydrogens is 294 g/mol. The molecule has 1 heterocycles. The minimum atomic E-state index is -0.994. The average molecular weight is 308 g/mol. The molecule has 18 heavy (non-hydrogen) atoms. The molecular formula is C13H14BrN3O. The van der Waals surface area contributed by atoms with Gasteiger partial charge in [-0.15, -0.1) is 5.10 Å². The number of hydrogen-bond donors (Lipinski definition) is 1. The zero-order chi connectivity index (χ0) is 12.8. The van der Waals surface area contributed by atoms with Gasteiger partial charge >= 0.3 is 0 Å². The summed E-state index contributed by atoms with van der Waals surface area (Å²) in [7, 11) is 1.81. The number of rotatable bonds is 1. The van der Waals surface area contributed by atoms with Gasteiger partial charge in [0.25, 0.3) is 0 Å². The van der Waals surface area contributed by atoms with Gasteiger partial charge in [-0.2, -0.15) is 0 Å². The van der Waals surface area contributed by atoms with Crippen molar-refractivity contribution >= 4 is 15.9 Å². The normalized spacial score (nSPS) is 22.8. The highest BCUT2D eigenvalue weighted by molar-refractivity contribution is 9.10. The summed E-state index contributed by atoms with van der Waals surface area (Å²) in [4.78, 5) is 0. The van der Waals surface area contributed by atoms with Crippen LogP contribution >= 0.6 is 15.9 Å². The van der Waals surface area contributed by atoms with E-state index in [1.165, 1.54) is 5.56 Å². The lowest BCUT2D eigenvalue weighted by Gasteiger charge is -2.34. The summed E-state index contributed by atoms with van der Waals surface area (Å²) in [6.45, 7) is 0. The predicted octanol–water partition coefficient (Wildman–Crippen LogP) is 2.15. The molecule has 0 saturated heterocycles. The second-order valence-electron chi connectivity index (χ2n) is 4.72. The van der Waals surface area contributed by atoms with E-state index in [9.17, 15) is 5.11 Å². The van der Waals surface area contributed by atoms with Gasteiger partial charge in [-0.25, -0.2) is 4.68 Å². The molecule has 94 valence electrons. The Hall–Kier alpha value is -1.20. The smallest absolute Gasteiger partial charge is 0.154 e. The molecule has 0 radical (unpaired) electrons. The van der Waals surface area contributed by atoms with Crippen LogP contribution in [0.25, 0.3) is 0 Å². The van der Waals surface area contributed by atoms with E-state index in [-0.39, 0.29) is 0 Å². The lowest BCUT2D eigenvalue weighted by atomic mass is 9.77. The first-order valence-electron chi connectivity index (χ1n) is 5.99. The second kappa shape index (κ2) is 4.17. The van der Waals surface area contributed by atoms with Crippen molar-refractivity contribution in [1.82, 2.24) is 15.0 Å². The summed E-state index contributed by atoms with van der Waals surface area (Å²) >= 11 is 3.39. The van der Waals surface area contributed by atoms with E-state index >= 15 is 0 Å². The Kier molecular flexibility index (Phi) is 2.75. The van der Waals surface area contributed by atoms with Gasteiger partial charge in [0.1, 0.15) is 11.3 Å². The van der Waals surface area contributed by atoms with Gasteiger partial charge in [0, 0.05) is 7.05 Å². The van der Waals surface area contributed by atoms with Crippen LogP contribution in [0.5, 0.6) is 0 Å². The largest absolute Gasteiger partial charge is 0.379 e. The van der Waals surface area contributed by atoms with Crippen LogP contribution in [-0.4, -0.2) is 20.1 Å². The van der Waals surface area contributed by atoms with Crippen LogP contribution in [0, 0.1) is 0 Å². The summed E-state index contributed by atoms with van der Waals surface area (Å²) in [6.07, 6.45) is 2.68. The molecule has 1 aliphatic rings. The van der Waals surface area contributed by atoms with Gasteiger partial charge in [-0.1, -0.05) is 29.5 Å². The van der Waals surface area contributed by atoms with E-state index < -0.39 is 5.60 Å². The van der Waals surface area contributed by atoms with Crippen LogP contribution in [0.4, 0.5) is 0 Å². The molecule has 1 aromatic heterocycles. The molecule has 0 fully saturated rings. The fourth-order valence-corrected chi connectivity index (χ4v) is 3.48. The highest BCUT2D eigenvalue weighted by Crippen LogP contribution is 2.42. The molecule has 0 amide bonds. The molecule has 4 nitrogen and oxygen atoms in total. The molecule has 1 aliphatic carbocycles. The number of fused-ring (bicyclic) bond motifs is 1. The van der Waals surface area contributed by atoms with Crippen molar-refractivity contribution in [2.45, 2.75) is 24.9 Å². The van der Waals surface area contributed by atoms with Crippen molar-refractivity contribution in [3.05, 3.63) is 45.7 Å². The second-order valence-corrected chi connectivity index (χ2v) is 5.47. The highest BCUT2D eigenvalue weighted by Gasteiger charge is 2.40. The number of aliphatic hydroxyl groups is 1. The Balaban J connectivity index is 2.23. The number of aryl methyl sites for hydroxylation is 2. The van der Waals surface area contributed by atoms with E-state index in [1.54, 1.807) is 4.68 Å². The Bertz CT molecular complexity index is 576. The number of benzene rings is 1. The molecule has 1 aromatic carbocycles. The average Bonchev–Trinajstić information content (AvgIpc) is 2.70. The van der Waals surface area contributed by atoms with Gasteiger partial charge in [0.15, 0.2) is 4.60 Å². The highest BCUT2D eigenvalue weighted by atomic mass is 79.9. The van der Waals surface area contributed by atoms with E-state index in [0.29, 0.717) is 11.0 Å². The van der Waals surface area contributed by atoms with Crippen molar-refractivity contribution in [2.75, 3.05) is 0 Å². The van der Waals surface area contributed by atoms with Crippen molar-refractivity contribution in [3.63, 3.8) is 0 Å². The molecule has 1 unspecified atom stereocenters. The third kappa shape index (κ3) is 1.61. The molecule has 0 bridgehead atoms. The Morgan fingerprint density at radius 2 is 2.17 bits per heavy atom. The van der Waals surface area contributed by atoms with Gasteiger partial charge in [-0.3, -0.25) is 0 Å². The summed E-state index contributed by atoms with van der Waals surface area (Å²) < 4.78 is 2.26. The molecule has 2 aromatic rings. The lowest BCUT2D eigenvalue weighted by molar-refractivity contribution is 0.0525. The zero-order valence-electron chi connectivity index (χ0n) is 10.1. The number of aromatic nitrogens is 3. The molecule has 1 N–H and O–H groups in total. The fourth-order valence-electron chi connectivity index (χ4n) is 2.83.